The van der Waals surface area contributed by atoms with Crippen molar-refractivity contribution in [3.8, 4) is 0 Å². The number of likely N-dealkylation sites (tertiary alicyclic amines) is 1. The highest BCUT2D eigenvalue weighted by atomic mass is 16.2. The van der Waals surface area contributed by atoms with Gasteiger partial charge in [-0.3, -0.25) is 9.59 Å². The molecule has 4 heteroatoms. The molecule has 1 aliphatic rings. The summed E-state index contributed by atoms with van der Waals surface area (Å²) in [6.45, 7) is 6.32. The zero-order valence-corrected chi connectivity index (χ0v) is 14.3. The number of benzene rings is 1. The third-order valence-corrected chi connectivity index (χ3v) is 4.41. The van der Waals surface area contributed by atoms with Crippen LogP contribution in [-0.4, -0.2) is 36.3 Å². The largest absolute Gasteiger partial charge is 0.342 e. The van der Waals surface area contributed by atoms with Crippen LogP contribution in [0.2, 0.25) is 0 Å². The average Bonchev–Trinajstić information content (AvgIpc) is 2.95. The van der Waals surface area contributed by atoms with Crippen molar-refractivity contribution in [3.63, 3.8) is 0 Å². The first kappa shape index (κ1) is 17.5. The summed E-state index contributed by atoms with van der Waals surface area (Å²) in [6, 6.07) is 9.81. The molecule has 1 aliphatic heterocycles. The SMILES string of the molecule is CCCCN1CC(C(=O)N(CCCC)c2ccccc2)CC1=O. The van der Waals surface area contributed by atoms with E-state index in [0.717, 1.165) is 44.5 Å². The minimum atomic E-state index is -0.198. The summed E-state index contributed by atoms with van der Waals surface area (Å²) in [7, 11) is 0. The minimum absolute atomic E-state index is 0.0944. The quantitative estimate of drug-likeness (QED) is 0.737. The number of hydrogen-bond donors (Lipinski definition) is 0. The maximum Gasteiger partial charge on any atom is 0.232 e. The highest BCUT2D eigenvalue weighted by molar-refractivity contribution is 5.99. The van der Waals surface area contributed by atoms with E-state index >= 15 is 0 Å². The summed E-state index contributed by atoms with van der Waals surface area (Å²) in [6.07, 6.45) is 4.45. The summed E-state index contributed by atoms with van der Waals surface area (Å²) in [5, 5.41) is 0. The predicted octanol–water partition coefficient (Wildman–Crippen LogP) is 3.47. The van der Waals surface area contributed by atoms with Crippen molar-refractivity contribution in [1.82, 2.24) is 4.90 Å². The van der Waals surface area contributed by atoms with Gasteiger partial charge in [0.25, 0.3) is 0 Å². The number of carbonyl (C=O) groups is 2. The van der Waals surface area contributed by atoms with E-state index in [9.17, 15) is 9.59 Å². The Morgan fingerprint density at radius 1 is 1.17 bits per heavy atom. The highest BCUT2D eigenvalue weighted by Gasteiger charge is 2.36. The van der Waals surface area contributed by atoms with Gasteiger partial charge in [-0.1, -0.05) is 44.9 Å². The minimum Gasteiger partial charge on any atom is -0.342 e. The maximum absolute atomic E-state index is 13.0. The van der Waals surface area contributed by atoms with Gasteiger partial charge in [-0.2, -0.15) is 0 Å². The molecule has 0 radical (unpaired) electrons. The summed E-state index contributed by atoms with van der Waals surface area (Å²) in [5.74, 6) is 0.0220. The fourth-order valence-corrected chi connectivity index (χ4v) is 3.01. The lowest BCUT2D eigenvalue weighted by Crippen LogP contribution is -2.38. The fourth-order valence-electron chi connectivity index (χ4n) is 3.01. The topological polar surface area (TPSA) is 40.6 Å². The lowest BCUT2D eigenvalue weighted by atomic mass is 10.1. The number of carbonyl (C=O) groups excluding carboxylic acids is 2. The van der Waals surface area contributed by atoms with Crippen LogP contribution in [0.4, 0.5) is 5.69 Å². The zero-order chi connectivity index (χ0) is 16.7. The molecule has 0 saturated carbocycles. The molecule has 1 aromatic carbocycles. The molecule has 0 bridgehead atoms. The van der Waals surface area contributed by atoms with Gasteiger partial charge in [-0.15, -0.1) is 0 Å². The molecule has 0 aromatic heterocycles. The highest BCUT2D eigenvalue weighted by Crippen LogP contribution is 2.24. The Kier molecular flexibility index (Phi) is 6.63. The van der Waals surface area contributed by atoms with Crippen LogP contribution in [0.15, 0.2) is 30.3 Å². The van der Waals surface area contributed by atoms with Crippen LogP contribution >= 0.6 is 0 Å². The van der Waals surface area contributed by atoms with E-state index in [-0.39, 0.29) is 17.7 Å². The Morgan fingerprint density at radius 2 is 1.87 bits per heavy atom. The second kappa shape index (κ2) is 8.70. The van der Waals surface area contributed by atoms with Crippen LogP contribution in [0.1, 0.15) is 46.0 Å². The summed E-state index contributed by atoms with van der Waals surface area (Å²) >= 11 is 0. The number of rotatable bonds is 8. The van der Waals surface area contributed by atoms with Crippen molar-refractivity contribution in [2.75, 3.05) is 24.5 Å². The number of para-hydroxylation sites is 1. The van der Waals surface area contributed by atoms with E-state index in [0.29, 0.717) is 13.0 Å². The van der Waals surface area contributed by atoms with E-state index in [1.165, 1.54) is 0 Å². The molecule has 0 spiro atoms. The molecule has 1 atom stereocenters. The molecular weight excluding hydrogens is 288 g/mol. The smallest absolute Gasteiger partial charge is 0.232 e. The van der Waals surface area contributed by atoms with Gasteiger partial charge < -0.3 is 9.80 Å². The number of nitrogens with zero attached hydrogens (tertiary/aromatic N) is 2. The Labute approximate surface area is 139 Å². The lowest BCUT2D eigenvalue weighted by molar-refractivity contribution is -0.128. The average molecular weight is 316 g/mol. The van der Waals surface area contributed by atoms with Gasteiger partial charge in [0, 0.05) is 31.7 Å². The molecule has 0 N–H and O–H groups in total. The number of anilines is 1. The zero-order valence-electron chi connectivity index (χ0n) is 14.3. The van der Waals surface area contributed by atoms with Gasteiger partial charge in [0.1, 0.15) is 0 Å². The summed E-state index contributed by atoms with van der Waals surface area (Å²) in [4.78, 5) is 28.8. The number of amides is 2. The normalized spacial score (nSPS) is 17.6. The van der Waals surface area contributed by atoms with Crippen molar-refractivity contribution in [2.24, 2.45) is 5.92 Å². The summed E-state index contributed by atoms with van der Waals surface area (Å²) < 4.78 is 0. The van der Waals surface area contributed by atoms with E-state index < -0.39 is 0 Å². The van der Waals surface area contributed by atoms with Gasteiger partial charge in [0.05, 0.1) is 5.92 Å². The fraction of sp³-hybridized carbons (Fsp3) is 0.579. The van der Waals surface area contributed by atoms with Gasteiger partial charge >= 0.3 is 0 Å². The first-order valence-electron chi connectivity index (χ1n) is 8.81. The van der Waals surface area contributed by atoms with E-state index in [4.69, 9.17) is 0 Å². The van der Waals surface area contributed by atoms with Gasteiger partial charge in [0.2, 0.25) is 11.8 Å². The molecule has 1 saturated heterocycles. The lowest BCUT2D eigenvalue weighted by Gasteiger charge is -2.25. The first-order chi connectivity index (χ1) is 11.2. The van der Waals surface area contributed by atoms with E-state index in [2.05, 4.69) is 13.8 Å². The molecule has 1 heterocycles. The summed E-state index contributed by atoms with van der Waals surface area (Å²) in [5.41, 5.74) is 0.936. The second-order valence-corrected chi connectivity index (χ2v) is 6.27. The van der Waals surface area contributed by atoms with Crippen LogP contribution in [-0.2, 0) is 9.59 Å². The molecule has 0 aliphatic carbocycles. The van der Waals surface area contributed by atoms with Crippen LogP contribution < -0.4 is 4.90 Å². The third kappa shape index (κ3) is 4.57. The molecule has 1 unspecified atom stereocenters. The van der Waals surface area contributed by atoms with E-state index in [1.54, 1.807) is 0 Å². The molecule has 126 valence electrons. The molecule has 23 heavy (non-hydrogen) atoms. The molecule has 4 nitrogen and oxygen atoms in total. The van der Waals surface area contributed by atoms with Gasteiger partial charge in [-0.05, 0) is 25.0 Å². The Morgan fingerprint density at radius 3 is 2.52 bits per heavy atom. The molecular formula is C19H28N2O2. The monoisotopic (exact) mass is 316 g/mol. The first-order valence-corrected chi connectivity index (χ1v) is 8.81. The van der Waals surface area contributed by atoms with Crippen molar-refractivity contribution in [2.45, 2.75) is 46.0 Å². The van der Waals surface area contributed by atoms with E-state index in [1.807, 2.05) is 40.1 Å². The van der Waals surface area contributed by atoms with Crippen LogP contribution in [0, 0.1) is 5.92 Å². The third-order valence-electron chi connectivity index (χ3n) is 4.41. The molecule has 2 amide bonds. The van der Waals surface area contributed by atoms with Gasteiger partial charge in [-0.25, -0.2) is 0 Å². The van der Waals surface area contributed by atoms with Crippen molar-refractivity contribution >= 4 is 17.5 Å². The standard InChI is InChI=1S/C19H28N2O2/c1-3-5-12-20-15-16(14-18(20)22)19(23)21(13-6-4-2)17-10-8-7-9-11-17/h7-11,16H,3-6,12-15H2,1-2H3. The van der Waals surface area contributed by atoms with Crippen molar-refractivity contribution < 1.29 is 9.59 Å². The Balaban J connectivity index is 2.07. The van der Waals surface area contributed by atoms with Crippen LogP contribution in [0.3, 0.4) is 0 Å². The molecule has 2 rings (SSSR count). The maximum atomic E-state index is 13.0. The number of unbranched alkanes of at least 4 members (excludes halogenated alkanes) is 2. The number of hydrogen-bond acceptors (Lipinski definition) is 2. The van der Waals surface area contributed by atoms with Crippen LogP contribution in [0.25, 0.3) is 0 Å². The second-order valence-electron chi connectivity index (χ2n) is 6.27. The van der Waals surface area contributed by atoms with Crippen molar-refractivity contribution in [1.29, 1.82) is 0 Å². The van der Waals surface area contributed by atoms with Gasteiger partial charge in [0.15, 0.2) is 0 Å². The predicted molar refractivity (Wildman–Crippen MR) is 93.3 cm³/mol. The molecule has 1 fully saturated rings. The van der Waals surface area contributed by atoms with Crippen LogP contribution in [0.5, 0.6) is 0 Å². The Bertz CT molecular complexity index is 515. The Hall–Kier alpha value is -1.84. The molecule has 1 aromatic rings. The van der Waals surface area contributed by atoms with Crippen molar-refractivity contribution in [3.05, 3.63) is 30.3 Å².